The second kappa shape index (κ2) is 28.7. The standard InChI is InChI=1S/C112H92I2N4SSi/c1-70-32-18-26-52-95(70)114(105-72(3)34-28-35-73(105)4)107-94-64-76(54-55-80(94)68-98-102(107)91-49-31-51-93-104-100(117(98)110(91)93)67-79-40-22-25-47-89(79)112(104)118(96-53-27-19-33-71(96)2)108-74(5)36-29-37-75(108)6)69-119(7,8)85-60-56-82(57-61-85)113(81-41-14-12-15-42-81)106-87-45-23-20-38-77(87)65-97-101(106)90-48-30-50-92-103-99(116(97)109(90)92)66-78-39-21-24-46-88(78)111(103)115(83-43-16-13-17-44-83)84-58-62-86(63-59-84)120(9,10)11/h12-68H,69H2,1-11H3. The first-order chi connectivity index (χ1) is 58.4. The molecule has 22 aromatic rings. The van der Waals surface area contributed by atoms with E-state index in [1.54, 1.807) is 0 Å². The molecule has 0 aliphatic heterocycles. The minimum absolute atomic E-state index is 0.938. The number of hydrogen-bond donors (Lipinski definition) is 0. The molecular formula is C112H92I2N4SSi. The number of aromatic nitrogens is 2. The molecule has 18 aromatic carbocycles. The van der Waals surface area contributed by atoms with Gasteiger partial charge in [0.25, 0.3) is 0 Å². The van der Waals surface area contributed by atoms with Crippen molar-refractivity contribution in [3.63, 3.8) is 0 Å². The fourth-order valence-electron chi connectivity index (χ4n) is 20.0. The van der Waals surface area contributed by atoms with E-state index in [4.69, 9.17) is 0 Å². The SMILES string of the molecule is Cc1ccccc1N(c1c(C)cccc1C)c1c2ccccc2cc2c1c1cccc3c4c(I(c5ccccc5C)c5c(C)cccc5C)c5cc(CS(C)(C)c6ccc(I(c7ccccc7)c7c8ccccc8cc8c7c7cccc9c%10c(N(c%11ccccc%11)c%11ccc([Si](C)(C)C)cc%11)c%11ccccc%11cc%10n8c97)cc6)ccc5cc4n2c13. The Morgan fingerprint density at radius 2 is 0.717 bits per heavy atom. The van der Waals surface area contributed by atoms with Crippen LogP contribution in [-0.4, -0.2) is 29.4 Å². The number of halogens is 2. The summed E-state index contributed by atoms with van der Waals surface area (Å²) in [6, 6.07) is 134. The van der Waals surface area contributed by atoms with Crippen LogP contribution in [0.25, 0.3) is 119 Å². The van der Waals surface area contributed by atoms with E-state index in [0.717, 1.165) is 17.1 Å². The van der Waals surface area contributed by atoms with Gasteiger partial charge in [-0.1, -0.05) is 19.6 Å². The van der Waals surface area contributed by atoms with Gasteiger partial charge in [0.15, 0.2) is 0 Å². The van der Waals surface area contributed by atoms with Crippen molar-refractivity contribution in [1.82, 2.24) is 8.80 Å². The molecule has 584 valence electrons. The predicted octanol–water partition coefficient (Wildman–Crippen LogP) is 31.4. The van der Waals surface area contributed by atoms with E-state index in [0.29, 0.717) is 0 Å². The fourth-order valence-corrected chi connectivity index (χ4v) is 37.1. The Kier molecular flexibility index (Phi) is 17.8. The third kappa shape index (κ3) is 11.7. The summed E-state index contributed by atoms with van der Waals surface area (Å²) in [5, 5.41) is 22.1. The van der Waals surface area contributed by atoms with Crippen LogP contribution in [0, 0.1) is 63.0 Å². The summed E-state index contributed by atoms with van der Waals surface area (Å²) in [5.41, 5.74) is 23.9. The van der Waals surface area contributed by atoms with Crippen LogP contribution >= 0.6 is 49.7 Å². The maximum absolute atomic E-state index is 2.70. The number of benzene rings is 18. The van der Waals surface area contributed by atoms with Crippen LogP contribution in [0.3, 0.4) is 0 Å². The molecule has 22 rings (SSSR count). The molecule has 0 saturated carbocycles. The van der Waals surface area contributed by atoms with Crippen molar-refractivity contribution < 1.29 is 0 Å². The van der Waals surface area contributed by atoms with Gasteiger partial charge in [0.1, 0.15) is 0 Å². The summed E-state index contributed by atoms with van der Waals surface area (Å²) >= 11 is -5.27. The van der Waals surface area contributed by atoms with Gasteiger partial charge >= 0.3 is 698 Å². The molecule has 0 fully saturated rings. The number of rotatable bonds is 16. The van der Waals surface area contributed by atoms with Gasteiger partial charge in [-0.2, -0.15) is 0 Å². The molecule has 0 aliphatic rings. The molecule has 0 radical (unpaired) electrons. The zero-order valence-corrected chi connectivity index (χ0v) is 75.7. The molecule has 0 aliphatic carbocycles. The minimum atomic E-state index is -2.67. The second-order valence-electron chi connectivity index (χ2n) is 34.5. The Balaban J connectivity index is 0.719. The van der Waals surface area contributed by atoms with Gasteiger partial charge in [0.2, 0.25) is 0 Å². The summed E-state index contributed by atoms with van der Waals surface area (Å²) in [4.78, 5) is 6.58. The molecule has 8 heteroatoms. The predicted molar refractivity (Wildman–Crippen MR) is 540 cm³/mol. The van der Waals surface area contributed by atoms with Gasteiger partial charge in [0.05, 0.1) is 8.07 Å². The Morgan fingerprint density at radius 1 is 0.300 bits per heavy atom. The van der Waals surface area contributed by atoms with E-state index in [-0.39, 0.29) is 0 Å². The number of aryl methyl sites for hydroxylation is 6. The summed E-state index contributed by atoms with van der Waals surface area (Å²) < 4.78 is 14.3. The van der Waals surface area contributed by atoms with Crippen LogP contribution in [0.15, 0.2) is 351 Å². The normalized spacial score (nSPS) is 12.8. The van der Waals surface area contributed by atoms with Gasteiger partial charge in [-0.05, 0) is 0 Å². The average molecular weight is 1810 g/mol. The van der Waals surface area contributed by atoms with Crippen LogP contribution in [0.2, 0.25) is 19.6 Å². The van der Waals surface area contributed by atoms with E-state index < -0.39 is 57.7 Å². The van der Waals surface area contributed by atoms with Crippen molar-refractivity contribution in [2.45, 2.75) is 71.8 Å². The van der Waals surface area contributed by atoms with Crippen LogP contribution in [-0.2, 0) is 5.75 Å². The fraction of sp³-hybridized carbons (Fsp3) is 0.107. The molecule has 0 N–H and O–H groups in total. The van der Waals surface area contributed by atoms with Gasteiger partial charge in [-0.15, -0.1) is 0 Å². The Bertz CT molecular complexity index is 7880. The average Bonchev–Trinajstić information content (AvgIpc) is 1.52. The van der Waals surface area contributed by atoms with E-state index in [1.165, 1.54) is 212 Å². The van der Waals surface area contributed by atoms with Crippen molar-refractivity contribution in [2.24, 2.45) is 0 Å². The number of para-hydroxylation sites is 5. The molecular weight excluding hydrogens is 1720 g/mol. The van der Waals surface area contributed by atoms with Crippen LogP contribution < -0.4 is 15.0 Å². The Hall–Kier alpha value is -11.8. The zero-order valence-electron chi connectivity index (χ0n) is 69.6. The number of hydrogen-bond acceptors (Lipinski definition) is 2. The van der Waals surface area contributed by atoms with E-state index in [2.05, 4.69) is 438 Å². The maximum atomic E-state index is 2.70. The molecule has 0 bridgehead atoms. The molecule has 0 spiro atoms. The first kappa shape index (κ1) is 74.5. The summed E-state index contributed by atoms with van der Waals surface area (Å²) in [7, 11) is -3.05. The third-order valence-electron chi connectivity index (χ3n) is 25.5. The monoisotopic (exact) mass is 1810 g/mol. The summed E-state index contributed by atoms with van der Waals surface area (Å²) in [5.74, 6) is 0.938. The van der Waals surface area contributed by atoms with Gasteiger partial charge < -0.3 is 0 Å². The third-order valence-corrected chi connectivity index (χ3v) is 43.7. The summed E-state index contributed by atoms with van der Waals surface area (Å²) in [6.07, 6.45) is 5.14. The number of nitrogens with zero attached hydrogens (tertiary/aromatic N) is 4. The van der Waals surface area contributed by atoms with Crippen molar-refractivity contribution in [3.8, 4) is 0 Å². The van der Waals surface area contributed by atoms with Crippen molar-refractivity contribution >= 4 is 216 Å². The molecule has 120 heavy (non-hydrogen) atoms. The molecule has 0 saturated heterocycles. The second-order valence-corrected chi connectivity index (χ2v) is 53.5. The molecule has 0 atom stereocenters. The van der Waals surface area contributed by atoms with E-state index in [9.17, 15) is 0 Å². The molecule has 0 amide bonds. The van der Waals surface area contributed by atoms with Gasteiger partial charge in [0, 0.05) is 0 Å². The Labute approximate surface area is 718 Å². The van der Waals surface area contributed by atoms with E-state index >= 15 is 0 Å². The van der Waals surface area contributed by atoms with Crippen molar-refractivity contribution in [3.05, 3.63) is 406 Å². The van der Waals surface area contributed by atoms with Crippen molar-refractivity contribution in [2.75, 3.05) is 22.3 Å². The quantitative estimate of drug-likeness (QED) is 0.0708. The van der Waals surface area contributed by atoms with Gasteiger partial charge in [-0.3, -0.25) is 0 Å². The molecule has 4 nitrogen and oxygen atoms in total. The first-order valence-electron chi connectivity index (χ1n) is 41.9. The molecule has 0 unspecified atom stereocenters. The molecule has 4 aromatic heterocycles. The van der Waals surface area contributed by atoms with Gasteiger partial charge in [-0.25, -0.2) is 0 Å². The number of anilines is 6. The first-order valence-corrected chi connectivity index (χ1v) is 54.4. The van der Waals surface area contributed by atoms with Crippen LogP contribution in [0.1, 0.15) is 38.9 Å². The zero-order chi connectivity index (χ0) is 81.3. The van der Waals surface area contributed by atoms with Crippen LogP contribution in [0.5, 0.6) is 0 Å². The molecule has 4 heterocycles. The van der Waals surface area contributed by atoms with Crippen molar-refractivity contribution in [1.29, 1.82) is 0 Å². The Morgan fingerprint density at radius 3 is 1.27 bits per heavy atom. The topological polar surface area (TPSA) is 15.3 Å². The summed E-state index contributed by atoms with van der Waals surface area (Å²) in [6.45, 7) is 21.3. The van der Waals surface area contributed by atoms with E-state index in [1.807, 2.05) is 0 Å². The number of fused-ring (bicyclic) bond motifs is 16. The van der Waals surface area contributed by atoms with Crippen LogP contribution in [0.4, 0.5) is 34.1 Å².